The van der Waals surface area contributed by atoms with Gasteiger partial charge in [0.25, 0.3) is 0 Å². The van der Waals surface area contributed by atoms with Crippen LogP contribution in [0, 0.1) is 5.92 Å². The summed E-state index contributed by atoms with van der Waals surface area (Å²) in [6.07, 6.45) is -1.36. The molecule has 1 atom stereocenters. The van der Waals surface area contributed by atoms with Crippen molar-refractivity contribution in [3.05, 3.63) is 47.4 Å². The Morgan fingerprint density at radius 1 is 1.23 bits per heavy atom. The fourth-order valence-corrected chi connectivity index (χ4v) is 4.86. The first-order valence-electron chi connectivity index (χ1n) is 9.72. The smallest absolute Gasteiger partial charge is 0.392 e. The molecule has 2 aromatic heterocycles. The molecule has 0 amide bonds. The SMILES string of the molecule is CSc1cc2c(cc1CO)cc1n2CCN(c2nccc(C(F)(F)F)n2)C1C(C)C. The molecule has 3 aromatic rings. The van der Waals surface area contributed by atoms with Gasteiger partial charge in [-0.15, -0.1) is 11.8 Å². The number of fused-ring (bicyclic) bond motifs is 3. The van der Waals surface area contributed by atoms with Crippen LogP contribution in [0.25, 0.3) is 10.9 Å². The molecule has 0 aliphatic carbocycles. The summed E-state index contributed by atoms with van der Waals surface area (Å²) in [5.74, 6) is 0.227. The zero-order valence-electron chi connectivity index (χ0n) is 16.9. The number of benzene rings is 1. The van der Waals surface area contributed by atoms with Crippen LogP contribution in [-0.4, -0.2) is 32.4 Å². The zero-order valence-corrected chi connectivity index (χ0v) is 17.8. The summed E-state index contributed by atoms with van der Waals surface area (Å²) >= 11 is 1.59. The van der Waals surface area contributed by atoms with E-state index in [1.165, 1.54) is 6.20 Å². The number of rotatable bonds is 4. The average molecular weight is 437 g/mol. The van der Waals surface area contributed by atoms with Crippen LogP contribution in [0.1, 0.15) is 36.8 Å². The number of aliphatic hydroxyl groups excluding tert-OH is 1. The van der Waals surface area contributed by atoms with Gasteiger partial charge < -0.3 is 14.6 Å². The monoisotopic (exact) mass is 436 g/mol. The Labute approximate surface area is 176 Å². The van der Waals surface area contributed by atoms with E-state index in [1.807, 2.05) is 31.1 Å². The predicted molar refractivity (Wildman–Crippen MR) is 112 cm³/mol. The maximum atomic E-state index is 13.2. The van der Waals surface area contributed by atoms with Gasteiger partial charge in [-0.05, 0) is 42.0 Å². The maximum Gasteiger partial charge on any atom is 0.433 e. The van der Waals surface area contributed by atoms with E-state index in [-0.39, 0.29) is 24.5 Å². The Bertz CT molecular complexity index is 1080. The van der Waals surface area contributed by atoms with Crippen molar-refractivity contribution < 1.29 is 18.3 Å². The third kappa shape index (κ3) is 3.54. The summed E-state index contributed by atoms with van der Waals surface area (Å²) in [6, 6.07) is 6.89. The lowest BCUT2D eigenvalue weighted by molar-refractivity contribution is -0.141. The van der Waals surface area contributed by atoms with Gasteiger partial charge in [0.15, 0.2) is 0 Å². The topological polar surface area (TPSA) is 54.2 Å². The molecule has 0 saturated heterocycles. The van der Waals surface area contributed by atoms with E-state index in [0.29, 0.717) is 13.1 Å². The standard InChI is InChI=1S/C21H23F3N4OS/c1-12(2)19-16-9-13-8-14(11-29)17(30-3)10-15(13)27(16)6-7-28(19)20-25-5-4-18(26-20)21(22,23)24/h4-5,8-10,12,19,29H,6-7,11H2,1-3H3. The highest BCUT2D eigenvalue weighted by molar-refractivity contribution is 7.98. The molecule has 1 aliphatic heterocycles. The number of nitrogens with zero attached hydrogens (tertiary/aromatic N) is 4. The Kier molecular flexibility index (Phi) is 5.44. The van der Waals surface area contributed by atoms with Gasteiger partial charge in [0.1, 0.15) is 5.69 Å². The van der Waals surface area contributed by atoms with Crippen LogP contribution in [0.15, 0.2) is 35.4 Å². The minimum Gasteiger partial charge on any atom is -0.392 e. The minimum absolute atomic E-state index is 0.0373. The largest absolute Gasteiger partial charge is 0.433 e. The summed E-state index contributed by atoms with van der Waals surface area (Å²) in [5, 5.41) is 10.7. The van der Waals surface area contributed by atoms with Gasteiger partial charge in [-0.2, -0.15) is 13.2 Å². The van der Waals surface area contributed by atoms with E-state index in [1.54, 1.807) is 11.8 Å². The lowest BCUT2D eigenvalue weighted by atomic mass is 9.97. The number of hydrogen-bond donors (Lipinski definition) is 1. The molecule has 3 heterocycles. The number of alkyl halides is 3. The quantitative estimate of drug-likeness (QED) is 0.591. The third-order valence-electron chi connectivity index (χ3n) is 5.53. The Morgan fingerprint density at radius 2 is 2.00 bits per heavy atom. The molecule has 5 nitrogen and oxygen atoms in total. The summed E-state index contributed by atoms with van der Waals surface area (Å²) in [7, 11) is 0. The average Bonchev–Trinajstić information content (AvgIpc) is 3.08. The van der Waals surface area contributed by atoms with Crippen LogP contribution in [0.5, 0.6) is 0 Å². The van der Waals surface area contributed by atoms with Gasteiger partial charge in [-0.3, -0.25) is 0 Å². The molecule has 1 N–H and O–H groups in total. The first-order valence-corrected chi connectivity index (χ1v) is 10.9. The third-order valence-corrected chi connectivity index (χ3v) is 6.35. The highest BCUT2D eigenvalue weighted by Gasteiger charge is 2.36. The zero-order chi connectivity index (χ0) is 21.6. The van der Waals surface area contributed by atoms with Gasteiger partial charge in [0, 0.05) is 40.8 Å². The number of thioether (sulfide) groups is 1. The maximum absolute atomic E-state index is 13.2. The van der Waals surface area contributed by atoms with Crippen LogP contribution in [0.2, 0.25) is 0 Å². The molecule has 1 aromatic carbocycles. The van der Waals surface area contributed by atoms with Crippen molar-refractivity contribution in [2.75, 3.05) is 17.7 Å². The van der Waals surface area contributed by atoms with Crippen molar-refractivity contribution in [1.29, 1.82) is 0 Å². The number of anilines is 1. The van der Waals surface area contributed by atoms with E-state index in [0.717, 1.165) is 33.1 Å². The normalized spacial score (nSPS) is 17.1. The van der Waals surface area contributed by atoms with E-state index in [2.05, 4.69) is 26.7 Å². The molecule has 0 saturated carbocycles. The molecular weight excluding hydrogens is 413 g/mol. The van der Waals surface area contributed by atoms with E-state index in [4.69, 9.17) is 0 Å². The van der Waals surface area contributed by atoms with E-state index in [9.17, 15) is 18.3 Å². The van der Waals surface area contributed by atoms with Crippen molar-refractivity contribution in [2.24, 2.45) is 5.92 Å². The number of aliphatic hydroxyl groups is 1. The van der Waals surface area contributed by atoms with Crippen LogP contribution in [-0.2, 0) is 19.3 Å². The molecule has 160 valence electrons. The minimum atomic E-state index is -4.51. The van der Waals surface area contributed by atoms with Crippen molar-refractivity contribution >= 4 is 28.6 Å². The lowest BCUT2D eigenvalue weighted by Crippen LogP contribution is -2.41. The summed E-state index contributed by atoms with van der Waals surface area (Å²) in [6.45, 7) is 5.19. The van der Waals surface area contributed by atoms with Gasteiger partial charge in [0.05, 0.1) is 12.6 Å². The number of halogens is 3. The summed E-state index contributed by atoms with van der Waals surface area (Å²) in [5.41, 5.74) is 2.03. The second kappa shape index (κ2) is 7.77. The Hall–Kier alpha value is -2.26. The fourth-order valence-electron chi connectivity index (χ4n) is 4.24. The Morgan fingerprint density at radius 3 is 2.63 bits per heavy atom. The molecule has 1 aliphatic rings. The Balaban J connectivity index is 1.83. The van der Waals surface area contributed by atoms with E-state index >= 15 is 0 Å². The first kappa shape index (κ1) is 21.0. The fraction of sp³-hybridized carbons (Fsp3) is 0.429. The summed E-state index contributed by atoms with van der Waals surface area (Å²) in [4.78, 5) is 10.9. The number of aromatic nitrogens is 3. The van der Waals surface area contributed by atoms with Crippen LogP contribution >= 0.6 is 11.8 Å². The van der Waals surface area contributed by atoms with Crippen molar-refractivity contribution in [3.8, 4) is 0 Å². The molecule has 0 radical (unpaired) electrons. The van der Waals surface area contributed by atoms with Crippen molar-refractivity contribution in [1.82, 2.24) is 14.5 Å². The first-order chi connectivity index (χ1) is 14.2. The molecule has 4 rings (SSSR count). The lowest BCUT2D eigenvalue weighted by Gasteiger charge is -2.39. The molecule has 9 heteroatoms. The molecule has 0 spiro atoms. The van der Waals surface area contributed by atoms with Gasteiger partial charge in [0.2, 0.25) is 5.95 Å². The van der Waals surface area contributed by atoms with Crippen LogP contribution in [0.4, 0.5) is 19.1 Å². The van der Waals surface area contributed by atoms with Crippen molar-refractivity contribution in [2.45, 2.75) is 44.1 Å². The van der Waals surface area contributed by atoms with Crippen molar-refractivity contribution in [3.63, 3.8) is 0 Å². The van der Waals surface area contributed by atoms with Crippen LogP contribution in [0.3, 0.4) is 0 Å². The second-order valence-corrected chi connectivity index (χ2v) is 8.57. The second-order valence-electron chi connectivity index (χ2n) is 7.72. The molecular formula is C21H23F3N4OS. The van der Waals surface area contributed by atoms with E-state index < -0.39 is 11.9 Å². The highest BCUT2D eigenvalue weighted by Crippen LogP contribution is 2.40. The van der Waals surface area contributed by atoms with Gasteiger partial charge >= 0.3 is 6.18 Å². The highest BCUT2D eigenvalue weighted by atomic mass is 32.2. The van der Waals surface area contributed by atoms with Gasteiger partial charge in [-0.1, -0.05) is 13.8 Å². The van der Waals surface area contributed by atoms with Gasteiger partial charge in [-0.25, -0.2) is 9.97 Å². The predicted octanol–water partition coefficient (Wildman–Crippen LogP) is 4.88. The molecule has 0 bridgehead atoms. The molecule has 30 heavy (non-hydrogen) atoms. The van der Waals surface area contributed by atoms with Crippen LogP contribution < -0.4 is 4.90 Å². The molecule has 0 fully saturated rings. The number of hydrogen-bond acceptors (Lipinski definition) is 5. The molecule has 1 unspecified atom stereocenters. The summed E-state index contributed by atoms with van der Waals surface area (Å²) < 4.78 is 41.8.